The Morgan fingerprint density at radius 2 is 2.19 bits per heavy atom. The number of hydrogen-bond acceptors (Lipinski definition) is 2. The molecule has 0 unspecified atom stereocenters. The van der Waals surface area contributed by atoms with Gasteiger partial charge < -0.3 is 5.32 Å². The summed E-state index contributed by atoms with van der Waals surface area (Å²) in [4.78, 5) is 0. The maximum absolute atomic E-state index is 12.9. The molecule has 0 saturated heterocycles. The van der Waals surface area contributed by atoms with Gasteiger partial charge in [0.25, 0.3) is 0 Å². The van der Waals surface area contributed by atoms with Gasteiger partial charge in [-0.3, -0.25) is 0 Å². The van der Waals surface area contributed by atoms with Gasteiger partial charge in [-0.05, 0) is 53.0 Å². The van der Waals surface area contributed by atoms with Crippen molar-refractivity contribution in [3.05, 3.63) is 34.1 Å². The van der Waals surface area contributed by atoms with Gasteiger partial charge in [-0.1, -0.05) is 6.07 Å². The molecule has 0 fully saturated rings. The number of rotatable bonds is 6. The first kappa shape index (κ1) is 13.1. The van der Waals surface area contributed by atoms with E-state index in [1.165, 1.54) is 6.07 Å². The Bertz CT molecular complexity index is 374. The van der Waals surface area contributed by atoms with Crippen LogP contribution in [0.2, 0.25) is 0 Å². The molecule has 86 valence electrons. The van der Waals surface area contributed by atoms with Gasteiger partial charge >= 0.3 is 0 Å². The monoisotopic (exact) mass is 284 g/mol. The van der Waals surface area contributed by atoms with Crippen LogP contribution in [0.5, 0.6) is 0 Å². The Morgan fingerprint density at radius 3 is 2.88 bits per heavy atom. The van der Waals surface area contributed by atoms with Crippen molar-refractivity contribution in [3.63, 3.8) is 0 Å². The fourth-order valence-electron chi connectivity index (χ4n) is 1.34. The normalized spacial score (nSPS) is 10.1. The van der Waals surface area contributed by atoms with E-state index in [0.29, 0.717) is 10.9 Å². The minimum atomic E-state index is -0.238. The summed E-state index contributed by atoms with van der Waals surface area (Å²) < 4.78 is 13.4. The summed E-state index contributed by atoms with van der Waals surface area (Å²) in [6.45, 7) is 1.61. The average molecular weight is 285 g/mol. The van der Waals surface area contributed by atoms with Crippen LogP contribution >= 0.6 is 15.9 Å². The molecule has 0 aliphatic rings. The summed E-state index contributed by atoms with van der Waals surface area (Å²) in [5, 5.41) is 11.6. The average Bonchev–Trinajstić information content (AvgIpc) is 2.28. The number of nitrogens with zero attached hydrogens (tertiary/aromatic N) is 1. The highest BCUT2D eigenvalue weighted by atomic mass is 79.9. The molecule has 1 N–H and O–H groups in total. The molecule has 0 spiro atoms. The highest BCUT2D eigenvalue weighted by molar-refractivity contribution is 9.10. The molecular formula is C12H14BrFN2. The molecule has 1 aromatic rings. The third kappa shape index (κ3) is 4.73. The van der Waals surface area contributed by atoms with E-state index in [1.54, 1.807) is 12.1 Å². The Morgan fingerprint density at radius 1 is 1.38 bits per heavy atom. The number of unbranched alkanes of at least 4 members (excludes halogenated alkanes) is 2. The predicted octanol–water partition coefficient (Wildman–Crippen LogP) is 3.37. The molecule has 0 aliphatic carbocycles. The molecule has 0 heterocycles. The Kier molecular flexibility index (Phi) is 6.05. The van der Waals surface area contributed by atoms with Gasteiger partial charge in [-0.2, -0.15) is 5.26 Å². The second-order valence-corrected chi connectivity index (χ2v) is 4.39. The zero-order chi connectivity index (χ0) is 11.8. The lowest BCUT2D eigenvalue weighted by Crippen LogP contribution is -2.14. The quantitative estimate of drug-likeness (QED) is 0.813. The first-order valence-electron chi connectivity index (χ1n) is 5.25. The molecule has 0 radical (unpaired) electrons. The van der Waals surface area contributed by atoms with Crippen molar-refractivity contribution in [2.45, 2.75) is 25.8 Å². The largest absolute Gasteiger partial charge is 0.313 e. The summed E-state index contributed by atoms with van der Waals surface area (Å²) in [7, 11) is 0. The minimum Gasteiger partial charge on any atom is -0.313 e. The molecule has 0 amide bonds. The van der Waals surface area contributed by atoms with Crippen LogP contribution in [0.1, 0.15) is 24.8 Å². The van der Waals surface area contributed by atoms with Gasteiger partial charge in [0.05, 0.1) is 10.5 Å². The van der Waals surface area contributed by atoms with E-state index in [0.717, 1.165) is 31.5 Å². The fraction of sp³-hybridized carbons (Fsp3) is 0.417. The summed E-state index contributed by atoms with van der Waals surface area (Å²) in [5.74, 6) is -0.238. The Balaban J connectivity index is 2.22. The number of benzene rings is 1. The molecule has 16 heavy (non-hydrogen) atoms. The van der Waals surface area contributed by atoms with Crippen LogP contribution in [0.4, 0.5) is 4.39 Å². The van der Waals surface area contributed by atoms with E-state index >= 15 is 0 Å². The number of nitriles is 1. The molecule has 0 saturated carbocycles. The van der Waals surface area contributed by atoms with E-state index in [2.05, 4.69) is 27.3 Å². The number of hydrogen-bond donors (Lipinski definition) is 1. The standard InChI is InChI=1S/C12H14BrFN2/c13-11-8-10(4-5-12(11)14)9-16-7-3-1-2-6-15/h4-5,8,16H,1-3,7,9H2. The second kappa shape index (κ2) is 7.37. The summed E-state index contributed by atoms with van der Waals surface area (Å²) >= 11 is 3.15. The van der Waals surface area contributed by atoms with E-state index in [9.17, 15) is 4.39 Å². The van der Waals surface area contributed by atoms with Crippen LogP contribution < -0.4 is 5.32 Å². The van der Waals surface area contributed by atoms with Crippen LogP contribution in [0.25, 0.3) is 0 Å². The molecule has 0 bridgehead atoms. The molecular weight excluding hydrogens is 271 g/mol. The maximum Gasteiger partial charge on any atom is 0.137 e. The van der Waals surface area contributed by atoms with Crippen LogP contribution in [-0.4, -0.2) is 6.54 Å². The third-order valence-corrected chi connectivity index (χ3v) is 2.81. The van der Waals surface area contributed by atoms with Crippen molar-refractivity contribution in [2.75, 3.05) is 6.54 Å². The molecule has 2 nitrogen and oxygen atoms in total. The van der Waals surface area contributed by atoms with E-state index in [-0.39, 0.29) is 5.82 Å². The first-order valence-corrected chi connectivity index (χ1v) is 6.05. The highest BCUT2D eigenvalue weighted by Crippen LogP contribution is 2.16. The zero-order valence-electron chi connectivity index (χ0n) is 8.97. The van der Waals surface area contributed by atoms with Crippen molar-refractivity contribution in [1.82, 2.24) is 5.32 Å². The van der Waals surface area contributed by atoms with Crippen LogP contribution in [0.15, 0.2) is 22.7 Å². The van der Waals surface area contributed by atoms with Crippen LogP contribution in [0.3, 0.4) is 0 Å². The van der Waals surface area contributed by atoms with Gasteiger partial charge in [0.2, 0.25) is 0 Å². The van der Waals surface area contributed by atoms with Crippen molar-refractivity contribution in [3.8, 4) is 6.07 Å². The predicted molar refractivity (Wildman–Crippen MR) is 65.3 cm³/mol. The SMILES string of the molecule is N#CCCCCNCc1ccc(F)c(Br)c1. The lowest BCUT2D eigenvalue weighted by atomic mass is 10.2. The van der Waals surface area contributed by atoms with Gasteiger partial charge in [-0.25, -0.2) is 4.39 Å². The maximum atomic E-state index is 12.9. The fourth-order valence-corrected chi connectivity index (χ4v) is 1.76. The second-order valence-electron chi connectivity index (χ2n) is 3.54. The topological polar surface area (TPSA) is 35.8 Å². The zero-order valence-corrected chi connectivity index (χ0v) is 10.6. The third-order valence-electron chi connectivity index (χ3n) is 2.21. The van der Waals surface area contributed by atoms with Crippen LogP contribution in [0, 0.1) is 17.1 Å². The van der Waals surface area contributed by atoms with Crippen molar-refractivity contribution in [2.24, 2.45) is 0 Å². The van der Waals surface area contributed by atoms with Gasteiger partial charge in [0, 0.05) is 13.0 Å². The smallest absolute Gasteiger partial charge is 0.137 e. The van der Waals surface area contributed by atoms with E-state index in [1.807, 2.05) is 0 Å². The summed E-state index contributed by atoms with van der Waals surface area (Å²) in [6, 6.07) is 7.11. The molecule has 0 aromatic heterocycles. The Hall–Kier alpha value is -0.920. The lowest BCUT2D eigenvalue weighted by Gasteiger charge is -2.05. The number of halogens is 2. The van der Waals surface area contributed by atoms with Gasteiger partial charge in [-0.15, -0.1) is 0 Å². The first-order chi connectivity index (χ1) is 7.74. The molecule has 4 heteroatoms. The van der Waals surface area contributed by atoms with Gasteiger partial charge in [0.1, 0.15) is 5.82 Å². The van der Waals surface area contributed by atoms with E-state index < -0.39 is 0 Å². The minimum absolute atomic E-state index is 0.238. The summed E-state index contributed by atoms with van der Waals surface area (Å²) in [5.41, 5.74) is 1.05. The van der Waals surface area contributed by atoms with E-state index in [4.69, 9.17) is 5.26 Å². The number of nitrogens with one attached hydrogen (secondary N) is 1. The van der Waals surface area contributed by atoms with Crippen molar-refractivity contribution < 1.29 is 4.39 Å². The van der Waals surface area contributed by atoms with Crippen LogP contribution in [-0.2, 0) is 6.54 Å². The molecule has 0 atom stereocenters. The van der Waals surface area contributed by atoms with Crippen molar-refractivity contribution in [1.29, 1.82) is 5.26 Å². The Labute approximate surface area is 104 Å². The highest BCUT2D eigenvalue weighted by Gasteiger charge is 1.99. The molecule has 1 aromatic carbocycles. The lowest BCUT2D eigenvalue weighted by molar-refractivity contribution is 0.613. The summed E-state index contributed by atoms with van der Waals surface area (Å²) in [6.07, 6.45) is 2.54. The van der Waals surface area contributed by atoms with Crippen molar-refractivity contribution >= 4 is 15.9 Å². The van der Waals surface area contributed by atoms with Gasteiger partial charge in [0.15, 0.2) is 0 Å². The molecule has 1 rings (SSSR count). The molecule has 0 aliphatic heterocycles.